The summed E-state index contributed by atoms with van der Waals surface area (Å²) < 4.78 is 0. The molecule has 0 aromatic heterocycles. The molecule has 0 unspecified atom stereocenters. The number of carbonyl (C=O) groups is 2. The minimum Gasteiger partial charge on any atom is -0.330 e. The highest BCUT2D eigenvalue weighted by Gasteiger charge is 2.18. The van der Waals surface area contributed by atoms with Crippen LogP contribution in [0, 0.1) is 5.92 Å². The molecule has 0 radical (unpaired) electrons. The Morgan fingerprint density at radius 1 is 0.778 bits per heavy atom. The van der Waals surface area contributed by atoms with E-state index in [1.165, 1.54) is 46.0 Å². The number of rotatable bonds is 12. The fourth-order valence-electron chi connectivity index (χ4n) is 2.25. The molecule has 0 rings (SSSR count). The van der Waals surface area contributed by atoms with E-state index in [0.717, 1.165) is 32.2 Å². The second kappa shape index (κ2) is 11.4. The summed E-state index contributed by atoms with van der Waals surface area (Å²) in [7, 11) is 0. The molecule has 0 aromatic rings. The Kier molecular flexibility index (Phi) is 11.0. The topological polar surface area (TPSA) is 60.2 Å². The van der Waals surface area contributed by atoms with Gasteiger partial charge in [0, 0.05) is 0 Å². The van der Waals surface area contributed by atoms with Crippen molar-refractivity contribution in [3.63, 3.8) is 0 Å². The first-order valence-electron chi connectivity index (χ1n) is 7.30. The fourth-order valence-corrected chi connectivity index (χ4v) is 2.25. The summed E-state index contributed by atoms with van der Waals surface area (Å²) in [6.45, 7) is 3.84. The van der Waals surface area contributed by atoms with Crippen LogP contribution in [0.3, 0.4) is 0 Å². The number of ketones is 2. The molecular formula is C15H29NO2. The summed E-state index contributed by atoms with van der Waals surface area (Å²) in [5, 5.41) is 0. The normalized spacial score (nSPS) is 10.9. The third kappa shape index (κ3) is 9.34. The first-order valence-corrected chi connectivity index (χ1v) is 7.30. The van der Waals surface area contributed by atoms with E-state index < -0.39 is 0 Å². The lowest BCUT2D eigenvalue weighted by molar-refractivity contribution is -0.130. The van der Waals surface area contributed by atoms with Crippen LogP contribution in [0.15, 0.2) is 0 Å². The second-order valence-electron chi connectivity index (χ2n) is 5.18. The lowest BCUT2D eigenvalue weighted by atomic mass is 9.93. The molecule has 0 spiro atoms. The van der Waals surface area contributed by atoms with E-state index in [2.05, 4.69) is 0 Å². The van der Waals surface area contributed by atoms with Gasteiger partial charge in [0.2, 0.25) is 0 Å². The molecule has 0 aliphatic rings. The number of nitrogens with two attached hydrogens (primary N) is 1. The molecule has 2 N–H and O–H groups in total. The summed E-state index contributed by atoms with van der Waals surface area (Å²) in [5.74, 6) is -0.317. The molecule has 0 aliphatic heterocycles. The standard InChI is InChI=1S/C15H29NO2/c1-13(17)15(14(2)18)11-9-7-5-3-4-6-8-10-12-16/h15H,3-12,16H2,1-2H3. The molecule has 0 aliphatic carbocycles. The van der Waals surface area contributed by atoms with Crippen LogP contribution < -0.4 is 5.73 Å². The molecule has 0 bridgehead atoms. The van der Waals surface area contributed by atoms with Gasteiger partial charge in [0.25, 0.3) is 0 Å². The first kappa shape index (κ1) is 17.3. The predicted octanol–water partition coefficient (Wildman–Crippen LogP) is 3.25. The van der Waals surface area contributed by atoms with Crippen LogP contribution in [0.2, 0.25) is 0 Å². The maximum atomic E-state index is 11.2. The van der Waals surface area contributed by atoms with Crippen LogP contribution in [-0.4, -0.2) is 18.1 Å². The number of carbonyl (C=O) groups excluding carboxylic acids is 2. The Balaban J connectivity index is 3.39. The van der Waals surface area contributed by atoms with E-state index in [1.54, 1.807) is 0 Å². The highest BCUT2D eigenvalue weighted by molar-refractivity contribution is 6.00. The van der Waals surface area contributed by atoms with Crippen LogP contribution in [0.4, 0.5) is 0 Å². The Bertz CT molecular complexity index is 225. The second-order valence-corrected chi connectivity index (χ2v) is 5.18. The molecule has 3 nitrogen and oxygen atoms in total. The van der Waals surface area contributed by atoms with Gasteiger partial charge in [0.15, 0.2) is 0 Å². The van der Waals surface area contributed by atoms with Gasteiger partial charge >= 0.3 is 0 Å². The van der Waals surface area contributed by atoms with Crippen LogP contribution in [0.1, 0.15) is 71.6 Å². The van der Waals surface area contributed by atoms with E-state index in [1.807, 2.05) is 0 Å². The van der Waals surface area contributed by atoms with Crippen LogP contribution in [-0.2, 0) is 9.59 Å². The molecule has 0 heterocycles. The van der Waals surface area contributed by atoms with Crippen molar-refractivity contribution < 1.29 is 9.59 Å². The van der Waals surface area contributed by atoms with Gasteiger partial charge in [-0.3, -0.25) is 9.59 Å². The quantitative estimate of drug-likeness (QED) is 0.430. The molecular weight excluding hydrogens is 226 g/mol. The number of hydrogen-bond acceptors (Lipinski definition) is 3. The zero-order chi connectivity index (χ0) is 13.8. The fraction of sp³-hybridized carbons (Fsp3) is 0.867. The van der Waals surface area contributed by atoms with Crippen molar-refractivity contribution in [3.05, 3.63) is 0 Å². The highest BCUT2D eigenvalue weighted by atomic mass is 16.1. The maximum absolute atomic E-state index is 11.2. The Morgan fingerprint density at radius 2 is 1.17 bits per heavy atom. The van der Waals surface area contributed by atoms with Crippen LogP contribution >= 0.6 is 0 Å². The van der Waals surface area contributed by atoms with Gasteiger partial charge in [-0.05, 0) is 33.2 Å². The Hall–Kier alpha value is -0.700. The number of Topliss-reactive ketones (excluding diaryl/α,β-unsaturated/α-hetero) is 2. The summed E-state index contributed by atoms with van der Waals surface area (Å²) >= 11 is 0. The van der Waals surface area contributed by atoms with Crippen molar-refractivity contribution in [1.82, 2.24) is 0 Å². The minimum atomic E-state index is -0.352. The van der Waals surface area contributed by atoms with Gasteiger partial charge in [0.1, 0.15) is 11.6 Å². The highest BCUT2D eigenvalue weighted by Crippen LogP contribution is 2.14. The molecule has 0 saturated carbocycles. The molecule has 0 saturated heterocycles. The average molecular weight is 255 g/mol. The summed E-state index contributed by atoms with van der Waals surface area (Å²) in [5.41, 5.74) is 5.43. The Morgan fingerprint density at radius 3 is 1.56 bits per heavy atom. The average Bonchev–Trinajstić information content (AvgIpc) is 2.30. The van der Waals surface area contributed by atoms with E-state index in [0.29, 0.717) is 0 Å². The van der Waals surface area contributed by atoms with E-state index in [-0.39, 0.29) is 17.5 Å². The van der Waals surface area contributed by atoms with E-state index in [4.69, 9.17) is 5.73 Å². The zero-order valence-electron chi connectivity index (χ0n) is 12.0. The zero-order valence-corrected chi connectivity index (χ0v) is 12.0. The predicted molar refractivity (Wildman–Crippen MR) is 75.5 cm³/mol. The maximum Gasteiger partial charge on any atom is 0.140 e. The lowest BCUT2D eigenvalue weighted by Crippen LogP contribution is -2.19. The third-order valence-electron chi connectivity index (χ3n) is 3.43. The van der Waals surface area contributed by atoms with E-state index >= 15 is 0 Å². The summed E-state index contributed by atoms with van der Waals surface area (Å²) in [6, 6.07) is 0. The largest absolute Gasteiger partial charge is 0.330 e. The van der Waals surface area contributed by atoms with E-state index in [9.17, 15) is 9.59 Å². The van der Waals surface area contributed by atoms with Gasteiger partial charge in [-0.1, -0.05) is 44.9 Å². The smallest absolute Gasteiger partial charge is 0.140 e. The molecule has 106 valence electrons. The van der Waals surface area contributed by atoms with Crippen molar-refractivity contribution in [2.45, 2.75) is 71.6 Å². The van der Waals surface area contributed by atoms with Gasteiger partial charge in [-0.15, -0.1) is 0 Å². The number of hydrogen-bond donors (Lipinski definition) is 1. The monoisotopic (exact) mass is 255 g/mol. The molecule has 3 heteroatoms. The third-order valence-corrected chi connectivity index (χ3v) is 3.43. The van der Waals surface area contributed by atoms with Gasteiger partial charge in [-0.2, -0.15) is 0 Å². The van der Waals surface area contributed by atoms with Crippen molar-refractivity contribution in [2.75, 3.05) is 6.54 Å². The molecule has 0 aromatic carbocycles. The van der Waals surface area contributed by atoms with Gasteiger partial charge in [0.05, 0.1) is 5.92 Å². The molecule has 0 amide bonds. The summed E-state index contributed by atoms with van der Waals surface area (Å²) in [4.78, 5) is 22.4. The minimum absolute atomic E-state index is 0.0179. The number of unbranched alkanes of at least 4 members (excludes halogenated alkanes) is 7. The van der Waals surface area contributed by atoms with Crippen molar-refractivity contribution in [1.29, 1.82) is 0 Å². The van der Waals surface area contributed by atoms with Gasteiger partial charge in [-0.25, -0.2) is 0 Å². The SMILES string of the molecule is CC(=O)C(CCCCCCCCCCN)C(C)=O. The lowest BCUT2D eigenvalue weighted by Gasteiger charge is -2.09. The van der Waals surface area contributed by atoms with Crippen molar-refractivity contribution in [2.24, 2.45) is 11.7 Å². The van der Waals surface area contributed by atoms with Crippen molar-refractivity contribution >= 4 is 11.6 Å². The molecule has 0 fully saturated rings. The molecule has 0 atom stereocenters. The van der Waals surface area contributed by atoms with Crippen LogP contribution in [0.25, 0.3) is 0 Å². The first-order chi connectivity index (χ1) is 8.59. The van der Waals surface area contributed by atoms with Crippen molar-refractivity contribution in [3.8, 4) is 0 Å². The summed E-state index contributed by atoms with van der Waals surface area (Å²) in [6.07, 6.45) is 10.3. The Labute approximate surface area is 112 Å². The van der Waals surface area contributed by atoms with Gasteiger partial charge < -0.3 is 5.73 Å². The molecule has 18 heavy (non-hydrogen) atoms. The van der Waals surface area contributed by atoms with Crippen LogP contribution in [0.5, 0.6) is 0 Å².